The molecule has 3 N–H and O–H groups in total. The number of hydrogen-bond donors (Lipinski definition) is 3. The zero-order valence-electron chi connectivity index (χ0n) is 11.7. The summed E-state index contributed by atoms with van der Waals surface area (Å²) in [6.45, 7) is 4.09. The second-order valence-corrected chi connectivity index (χ2v) is 5.02. The molecule has 0 amide bonds. The molecule has 108 valence electrons. The van der Waals surface area contributed by atoms with E-state index >= 15 is 0 Å². The summed E-state index contributed by atoms with van der Waals surface area (Å²) in [5.74, 6) is 0. The van der Waals surface area contributed by atoms with Crippen molar-refractivity contribution in [1.82, 2.24) is 15.0 Å². The second-order valence-electron chi connectivity index (χ2n) is 5.02. The number of fused-ring (bicyclic) bond motifs is 2. The van der Waals surface area contributed by atoms with Crippen LogP contribution in [0.2, 0.25) is 0 Å². The van der Waals surface area contributed by atoms with Crippen LogP contribution in [0.4, 0.5) is 0 Å². The lowest BCUT2D eigenvalue weighted by Gasteiger charge is -2.08. The summed E-state index contributed by atoms with van der Waals surface area (Å²) >= 11 is 0. The SMILES string of the molecule is Cc1cc2nc3c(=O)[nH]c(=O)[nH]c3[n+](CCO)c2cc1C. The number of aromatic nitrogens is 4. The van der Waals surface area contributed by atoms with Crippen molar-refractivity contribution < 1.29 is 9.67 Å². The van der Waals surface area contributed by atoms with Gasteiger partial charge in [-0.3, -0.25) is 9.78 Å². The van der Waals surface area contributed by atoms with Crippen molar-refractivity contribution in [1.29, 1.82) is 0 Å². The van der Waals surface area contributed by atoms with E-state index in [-0.39, 0.29) is 18.7 Å². The molecule has 0 saturated carbocycles. The normalized spacial score (nSPS) is 11.4. The van der Waals surface area contributed by atoms with Gasteiger partial charge in [-0.25, -0.2) is 14.3 Å². The Balaban J connectivity index is 2.59. The largest absolute Gasteiger partial charge is 0.413 e. The molecule has 0 fully saturated rings. The van der Waals surface area contributed by atoms with E-state index in [1.165, 1.54) is 0 Å². The van der Waals surface area contributed by atoms with Gasteiger partial charge in [0.05, 0.1) is 6.61 Å². The summed E-state index contributed by atoms with van der Waals surface area (Å²) in [7, 11) is 0. The maximum absolute atomic E-state index is 11.9. The Morgan fingerprint density at radius 3 is 2.62 bits per heavy atom. The van der Waals surface area contributed by atoms with Gasteiger partial charge in [-0.15, -0.1) is 0 Å². The third-order valence-corrected chi connectivity index (χ3v) is 3.61. The van der Waals surface area contributed by atoms with Crippen molar-refractivity contribution in [2.75, 3.05) is 6.61 Å². The van der Waals surface area contributed by atoms with Crippen LogP contribution in [0.5, 0.6) is 0 Å². The van der Waals surface area contributed by atoms with Crippen molar-refractivity contribution in [2.45, 2.75) is 20.4 Å². The Morgan fingerprint density at radius 2 is 1.90 bits per heavy atom. The summed E-state index contributed by atoms with van der Waals surface area (Å²) in [5, 5.41) is 9.28. The molecule has 1 aromatic carbocycles. The first-order valence-corrected chi connectivity index (χ1v) is 6.59. The molecule has 0 spiro atoms. The van der Waals surface area contributed by atoms with Crippen LogP contribution in [0.25, 0.3) is 22.2 Å². The lowest BCUT2D eigenvalue weighted by atomic mass is 10.1. The third-order valence-electron chi connectivity index (χ3n) is 3.61. The predicted molar refractivity (Wildman–Crippen MR) is 77.2 cm³/mol. The van der Waals surface area contributed by atoms with E-state index in [4.69, 9.17) is 0 Å². The van der Waals surface area contributed by atoms with Crippen LogP contribution in [-0.2, 0) is 6.54 Å². The highest BCUT2D eigenvalue weighted by Crippen LogP contribution is 2.16. The third kappa shape index (κ3) is 2.11. The molecule has 3 aromatic rings. The minimum Gasteiger partial charge on any atom is -0.392 e. The number of nitrogens with one attached hydrogen (secondary N) is 2. The van der Waals surface area contributed by atoms with Crippen LogP contribution in [0.1, 0.15) is 11.1 Å². The average molecular weight is 287 g/mol. The summed E-state index contributed by atoms with van der Waals surface area (Å²) in [6.07, 6.45) is 0. The fourth-order valence-electron chi connectivity index (χ4n) is 2.43. The highest BCUT2D eigenvalue weighted by molar-refractivity contribution is 5.80. The van der Waals surface area contributed by atoms with Crippen LogP contribution in [0.15, 0.2) is 21.7 Å². The van der Waals surface area contributed by atoms with Gasteiger partial charge in [-0.2, -0.15) is 4.98 Å². The molecule has 0 aliphatic carbocycles. The zero-order valence-corrected chi connectivity index (χ0v) is 11.7. The molecule has 0 unspecified atom stereocenters. The molecule has 0 radical (unpaired) electrons. The maximum atomic E-state index is 11.9. The molecule has 0 atom stereocenters. The molecule has 7 heteroatoms. The van der Waals surface area contributed by atoms with Gasteiger partial charge in [-0.1, -0.05) is 0 Å². The van der Waals surface area contributed by atoms with Crippen molar-refractivity contribution in [3.05, 3.63) is 44.1 Å². The highest BCUT2D eigenvalue weighted by Gasteiger charge is 2.18. The first-order chi connectivity index (χ1) is 10.0. The number of aliphatic hydroxyl groups is 1. The number of nitrogens with zero attached hydrogens (tertiary/aromatic N) is 2. The molecular formula is C14H15N4O3+. The number of H-pyrrole nitrogens is 2. The van der Waals surface area contributed by atoms with Crippen molar-refractivity contribution in [3.63, 3.8) is 0 Å². The van der Waals surface area contributed by atoms with Crippen molar-refractivity contribution >= 4 is 22.2 Å². The van der Waals surface area contributed by atoms with Gasteiger partial charge in [0, 0.05) is 0 Å². The molecule has 0 aliphatic heterocycles. The smallest absolute Gasteiger partial charge is 0.392 e. The van der Waals surface area contributed by atoms with Crippen LogP contribution >= 0.6 is 0 Å². The Bertz CT molecular complexity index is 972. The molecule has 2 aromatic heterocycles. The Kier molecular flexibility index (Phi) is 3.06. The molecule has 3 rings (SSSR count). The summed E-state index contributed by atoms with van der Waals surface area (Å²) < 4.78 is 1.71. The lowest BCUT2D eigenvalue weighted by molar-refractivity contribution is -0.649. The number of rotatable bonds is 2. The second kappa shape index (κ2) is 4.78. The van der Waals surface area contributed by atoms with Crippen molar-refractivity contribution in [2.24, 2.45) is 0 Å². The zero-order chi connectivity index (χ0) is 15.1. The minimum absolute atomic E-state index is 0.110. The molecule has 7 nitrogen and oxygen atoms in total. The first-order valence-electron chi connectivity index (χ1n) is 6.59. The number of aromatic amines is 2. The molecular weight excluding hydrogens is 272 g/mol. The Hall–Kier alpha value is -2.54. The first kappa shape index (κ1) is 13.4. The number of benzene rings is 1. The minimum atomic E-state index is -0.593. The van der Waals surface area contributed by atoms with Crippen LogP contribution in [-0.4, -0.2) is 26.7 Å². The maximum Gasteiger partial charge on any atom is 0.413 e. The Morgan fingerprint density at radius 1 is 1.19 bits per heavy atom. The fraction of sp³-hybridized carbons (Fsp3) is 0.286. The van der Waals surface area contributed by atoms with Gasteiger partial charge in [0.25, 0.3) is 5.56 Å². The van der Waals surface area contributed by atoms with Crippen LogP contribution in [0.3, 0.4) is 0 Å². The number of aliphatic hydroxyl groups excluding tert-OH is 1. The molecule has 0 bridgehead atoms. The summed E-state index contributed by atoms with van der Waals surface area (Å²) in [5.41, 5.74) is 2.88. The number of hydrogen-bond acceptors (Lipinski definition) is 4. The molecule has 0 aliphatic rings. The lowest BCUT2D eigenvalue weighted by Crippen LogP contribution is -2.42. The number of aryl methyl sites for hydroxylation is 2. The van der Waals surface area contributed by atoms with Crippen LogP contribution < -0.4 is 15.8 Å². The molecule has 2 heterocycles. The average Bonchev–Trinajstić information content (AvgIpc) is 2.42. The quantitative estimate of drug-likeness (QED) is 0.443. The highest BCUT2D eigenvalue weighted by atomic mass is 16.3. The predicted octanol–water partition coefficient (Wildman–Crippen LogP) is -0.339. The van der Waals surface area contributed by atoms with E-state index < -0.39 is 11.2 Å². The van der Waals surface area contributed by atoms with Crippen molar-refractivity contribution in [3.8, 4) is 0 Å². The standard InChI is InChI=1S/C14H14N4O3/c1-7-5-9-10(6-8(7)2)18(3-4-19)12-11(15-9)13(20)17-14(21)16-12/h5-6,19H,3-4H2,1-2H3,(H,17,20,21)/p+1. The molecule has 0 saturated heterocycles. The van der Waals surface area contributed by atoms with Gasteiger partial charge in [0.2, 0.25) is 5.52 Å². The van der Waals surface area contributed by atoms with Crippen LogP contribution in [0, 0.1) is 13.8 Å². The van der Waals surface area contributed by atoms with E-state index in [2.05, 4.69) is 15.0 Å². The van der Waals surface area contributed by atoms with E-state index in [9.17, 15) is 14.7 Å². The van der Waals surface area contributed by atoms with E-state index in [0.717, 1.165) is 16.6 Å². The van der Waals surface area contributed by atoms with Gasteiger partial charge in [0.15, 0.2) is 5.52 Å². The summed E-state index contributed by atoms with van der Waals surface area (Å²) in [6, 6.07) is 3.83. The van der Waals surface area contributed by atoms with E-state index in [1.807, 2.05) is 26.0 Å². The monoisotopic (exact) mass is 287 g/mol. The van der Waals surface area contributed by atoms with Gasteiger partial charge < -0.3 is 5.11 Å². The van der Waals surface area contributed by atoms with Gasteiger partial charge in [0.1, 0.15) is 12.1 Å². The Labute approximate surface area is 118 Å². The van der Waals surface area contributed by atoms with Gasteiger partial charge >= 0.3 is 11.3 Å². The van der Waals surface area contributed by atoms with Gasteiger partial charge in [-0.05, 0) is 37.1 Å². The van der Waals surface area contributed by atoms with E-state index in [1.54, 1.807) is 4.57 Å². The molecule has 21 heavy (non-hydrogen) atoms. The van der Waals surface area contributed by atoms with E-state index in [0.29, 0.717) is 11.2 Å². The topological polar surface area (TPSA) is 103 Å². The fourth-order valence-corrected chi connectivity index (χ4v) is 2.43. The summed E-state index contributed by atoms with van der Waals surface area (Å²) in [4.78, 5) is 32.5.